The van der Waals surface area contributed by atoms with E-state index in [1.54, 1.807) is 7.11 Å². The van der Waals surface area contributed by atoms with Crippen LogP contribution in [-0.2, 0) is 9.47 Å². The Hall–Kier alpha value is -1.35. The van der Waals surface area contributed by atoms with Gasteiger partial charge in [-0.15, -0.1) is 0 Å². The first kappa shape index (κ1) is 16.7. The molecule has 1 unspecified atom stereocenters. The standard InChI is InChI=1S/C17H26O3/c1-12(2)6-7-16(11-19-5)20-17(18)15-9-13(3)8-14(4)10-15/h8-10,12,16H,6-7,11H2,1-5H3. The van der Waals surface area contributed by atoms with E-state index in [1.807, 2.05) is 32.0 Å². The van der Waals surface area contributed by atoms with Gasteiger partial charge < -0.3 is 9.47 Å². The van der Waals surface area contributed by atoms with Crippen molar-refractivity contribution < 1.29 is 14.3 Å². The molecule has 0 heterocycles. The third-order valence-electron chi connectivity index (χ3n) is 3.15. The van der Waals surface area contributed by atoms with E-state index in [2.05, 4.69) is 13.8 Å². The third kappa shape index (κ3) is 5.74. The predicted octanol–water partition coefficient (Wildman–Crippen LogP) is 3.91. The highest BCUT2D eigenvalue weighted by Gasteiger charge is 2.17. The average Bonchev–Trinajstić information content (AvgIpc) is 2.34. The summed E-state index contributed by atoms with van der Waals surface area (Å²) in [5.41, 5.74) is 2.76. The molecular weight excluding hydrogens is 252 g/mol. The molecule has 0 spiro atoms. The van der Waals surface area contributed by atoms with E-state index >= 15 is 0 Å². The molecule has 0 aliphatic heterocycles. The van der Waals surface area contributed by atoms with Crippen LogP contribution in [0.1, 0.15) is 48.2 Å². The molecule has 0 bridgehead atoms. The van der Waals surface area contributed by atoms with Gasteiger partial charge in [0.25, 0.3) is 0 Å². The minimum absolute atomic E-state index is 0.171. The molecule has 1 aromatic carbocycles. The first-order valence-corrected chi connectivity index (χ1v) is 7.20. The number of benzene rings is 1. The molecule has 1 rings (SSSR count). The predicted molar refractivity (Wildman–Crippen MR) is 81.1 cm³/mol. The van der Waals surface area contributed by atoms with Crippen molar-refractivity contribution in [3.8, 4) is 0 Å². The SMILES string of the molecule is COCC(CCC(C)C)OC(=O)c1cc(C)cc(C)c1. The molecule has 0 saturated heterocycles. The Morgan fingerprint density at radius 3 is 2.20 bits per heavy atom. The van der Waals surface area contributed by atoms with Crippen LogP contribution in [0.3, 0.4) is 0 Å². The number of carbonyl (C=O) groups is 1. The van der Waals surface area contributed by atoms with E-state index in [4.69, 9.17) is 9.47 Å². The second-order valence-electron chi connectivity index (χ2n) is 5.83. The van der Waals surface area contributed by atoms with Crippen LogP contribution in [0.4, 0.5) is 0 Å². The molecule has 0 fully saturated rings. The van der Waals surface area contributed by atoms with Crippen LogP contribution in [-0.4, -0.2) is 25.8 Å². The maximum absolute atomic E-state index is 12.2. The van der Waals surface area contributed by atoms with Crippen LogP contribution in [0.5, 0.6) is 0 Å². The number of rotatable bonds is 7. The van der Waals surface area contributed by atoms with Gasteiger partial charge in [0.2, 0.25) is 0 Å². The molecule has 0 amide bonds. The van der Waals surface area contributed by atoms with E-state index in [9.17, 15) is 4.79 Å². The van der Waals surface area contributed by atoms with E-state index < -0.39 is 0 Å². The lowest BCUT2D eigenvalue weighted by Gasteiger charge is -2.18. The molecule has 112 valence electrons. The van der Waals surface area contributed by atoms with Crippen molar-refractivity contribution in [1.29, 1.82) is 0 Å². The summed E-state index contributed by atoms with van der Waals surface area (Å²) >= 11 is 0. The molecule has 0 saturated carbocycles. The molecule has 0 aromatic heterocycles. The van der Waals surface area contributed by atoms with Gasteiger partial charge in [-0.1, -0.05) is 31.0 Å². The topological polar surface area (TPSA) is 35.5 Å². The minimum atomic E-state index is -0.261. The molecule has 0 radical (unpaired) electrons. The fourth-order valence-electron chi connectivity index (χ4n) is 2.19. The second-order valence-corrected chi connectivity index (χ2v) is 5.83. The van der Waals surface area contributed by atoms with Crippen molar-refractivity contribution in [3.05, 3.63) is 34.9 Å². The highest BCUT2D eigenvalue weighted by Crippen LogP contribution is 2.14. The molecule has 3 heteroatoms. The third-order valence-corrected chi connectivity index (χ3v) is 3.15. The summed E-state index contributed by atoms with van der Waals surface area (Å²) in [7, 11) is 1.63. The first-order chi connectivity index (χ1) is 9.42. The maximum atomic E-state index is 12.2. The maximum Gasteiger partial charge on any atom is 0.338 e. The van der Waals surface area contributed by atoms with Crippen LogP contribution in [0, 0.1) is 19.8 Å². The van der Waals surface area contributed by atoms with Crippen molar-refractivity contribution in [3.63, 3.8) is 0 Å². The van der Waals surface area contributed by atoms with E-state index in [0.29, 0.717) is 18.1 Å². The Morgan fingerprint density at radius 2 is 1.70 bits per heavy atom. The van der Waals surface area contributed by atoms with Crippen LogP contribution >= 0.6 is 0 Å². The summed E-state index contributed by atoms with van der Waals surface area (Å²) in [6.45, 7) is 8.73. The molecule has 0 aliphatic rings. The molecule has 3 nitrogen and oxygen atoms in total. The Kier molecular flexibility index (Phi) is 6.73. The van der Waals surface area contributed by atoms with Gasteiger partial charge in [0.1, 0.15) is 6.10 Å². The molecule has 20 heavy (non-hydrogen) atoms. The van der Waals surface area contributed by atoms with Gasteiger partial charge in [0, 0.05) is 7.11 Å². The van der Waals surface area contributed by atoms with Crippen LogP contribution in [0.25, 0.3) is 0 Å². The average molecular weight is 278 g/mol. The van der Waals surface area contributed by atoms with Crippen LogP contribution < -0.4 is 0 Å². The number of carbonyl (C=O) groups excluding carboxylic acids is 1. The number of hydrogen-bond donors (Lipinski definition) is 0. The number of aryl methyl sites for hydroxylation is 2. The van der Waals surface area contributed by atoms with Gasteiger partial charge >= 0.3 is 5.97 Å². The van der Waals surface area contributed by atoms with Crippen LogP contribution in [0.2, 0.25) is 0 Å². The van der Waals surface area contributed by atoms with Crippen molar-refractivity contribution in [2.24, 2.45) is 5.92 Å². The summed E-state index contributed by atoms with van der Waals surface area (Å²) < 4.78 is 10.7. The zero-order valence-electron chi connectivity index (χ0n) is 13.2. The summed E-state index contributed by atoms with van der Waals surface area (Å²) in [6, 6.07) is 5.77. The Labute approximate surface area is 122 Å². The number of esters is 1. The van der Waals surface area contributed by atoms with E-state index in [-0.39, 0.29) is 12.1 Å². The monoisotopic (exact) mass is 278 g/mol. The first-order valence-electron chi connectivity index (χ1n) is 7.20. The molecule has 0 N–H and O–H groups in total. The Balaban J connectivity index is 2.69. The summed E-state index contributed by atoms with van der Waals surface area (Å²) in [5, 5.41) is 0. The minimum Gasteiger partial charge on any atom is -0.456 e. The zero-order chi connectivity index (χ0) is 15.1. The van der Waals surface area contributed by atoms with Gasteiger partial charge in [-0.05, 0) is 44.7 Å². The number of hydrogen-bond acceptors (Lipinski definition) is 3. The van der Waals surface area contributed by atoms with E-state index in [0.717, 1.165) is 24.0 Å². The summed E-state index contributed by atoms with van der Waals surface area (Å²) in [5.74, 6) is 0.330. The van der Waals surface area contributed by atoms with Gasteiger partial charge in [-0.3, -0.25) is 0 Å². The fraction of sp³-hybridized carbons (Fsp3) is 0.588. The van der Waals surface area contributed by atoms with Crippen molar-refractivity contribution in [1.82, 2.24) is 0 Å². The largest absolute Gasteiger partial charge is 0.456 e. The Morgan fingerprint density at radius 1 is 1.10 bits per heavy atom. The molecule has 1 atom stereocenters. The van der Waals surface area contributed by atoms with Gasteiger partial charge in [0.15, 0.2) is 0 Å². The fourth-order valence-corrected chi connectivity index (χ4v) is 2.19. The van der Waals surface area contributed by atoms with Gasteiger partial charge in [-0.25, -0.2) is 4.79 Å². The number of methoxy groups -OCH3 is 1. The Bertz CT molecular complexity index is 418. The van der Waals surface area contributed by atoms with Crippen molar-refractivity contribution >= 4 is 5.97 Å². The lowest BCUT2D eigenvalue weighted by atomic mass is 10.0. The lowest BCUT2D eigenvalue weighted by molar-refractivity contribution is 0.00155. The quantitative estimate of drug-likeness (QED) is 0.709. The van der Waals surface area contributed by atoms with Crippen molar-refractivity contribution in [2.45, 2.75) is 46.6 Å². The second kappa shape index (κ2) is 8.05. The molecular formula is C17H26O3. The molecule has 0 aliphatic carbocycles. The van der Waals surface area contributed by atoms with Gasteiger partial charge in [0.05, 0.1) is 12.2 Å². The van der Waals surface area contributed by atoms with Crippen LogP contribution in [0.15, 0.2) is 18.2 Å². The highest BCUT2D eigenvalue weighted by atomic mass is 16.6. The smallest absolute Gasteiger partial charge is 0.338 e. The lowest BCUT2D eigenvalue weighted by Crippen LogP contribution is -2.23. The van der Waals surface area contributed by atoms with Crippen molar-refractivity contribution in [2.75, 3.05) is 13.7 Å². The summed E-state index contributed by atoms with van der Waals surface area (Å²) in [6.07, 6.45) is 1.69. The van der Waals surface area contributed by atoms with E-state index in [1.165, 1.54) is 0 Å². The highest BCUT2D eigenvalue weighted by molar-refractivity contribution is 5.90. The normalized spacial score (nSPS) is 12.5. The number of ether oxygens (including phenoxy) is 2. The zero-order valence-corrected chi connectivity index (χ0v) is 13.2. The van der Waals surface area contributed by atoms with Gasteiger partial charge in [-0.2, -0.15) is 0 Å². The molecule has 1 aromatic rings. The summed E-state index contributed by atoms with van der Waals surface area (Å²) in [4.78, 5) is 12.2.